The summed E-state index contributed by atoms with van der Waals surface area (Å²) < 4.78 is 20.6. The van der Waals surface area contributed by atoms with Crippen LogP contribution in [0.5, 0.6) is 0 Å². The number of amides is 2. The average molecular weight is 444 g/mol. The molecule has 0 radical (unpaired) electrons. The first-order valence-corrected chi connectivity index (χ1v) is 11.5. The van der Waals surface area contributed by atoms with Gasteiger partial charge in [0.05, 0.1) is 23.8 Å². The van der Waals surface area contributed by atoms with Gasteiger partial charge in [0.1, 0.15) is 11.9 Å². The van der Waals surface area contributed by atoms with Crippen LogP contribution in [0, 0.1) is 5.82 Å². The fourth-order valence-electron chi connectivity index (χ4n) is 4.05. The third kappa shape index (κ3) is 4.85. The summed E-state index contributed by atoms with van der Waals surface area (Å²) >= 11 is 1.53. The normalized spacial score (nSPS) is 23.6. The minimum Gasteiger partial charge on any atom is -0.372 e. The molecule has 4 rings (SSSR count). The van der Waals surface area contributed by atoms with Crippen molar-refractivity contribution in [1.82, 2.24) is 4.90 Å². The first kappa shape index (κ1) is 21.6. The molecule has 31 heavy (non-hydrogen) atoms. The summed E-state index contributed by atoms with van der Waals surface area (Å²) in [6, 6.07) is 13.0. The largest absolute Gasteiger partial charge is 0.372 e. The van der Waals surface area contributed by atoms with Crippen molar-refractivity contribution in [3.63, 3.8) is 0 Å². The molecule has 2 saturated heterocycles. The van der Waals surface area contributed by atoms with Gasteiger partial charge >= 0.3 is 0 Å². The molecule has 6 nitrogen and oxygen atoms in total. The molecule has 3 unspecified atom stereocenters. The number of carbonyl (C=O) groups excluding carboxylic acids is 2. The molecule has 0 aromatic heterocycles. The first-order chi connectivity index (χ1) is 14.9. The molecular weight excluding hydrogens is 417 g/mol. The molecule has 2 aliphatic heterocycles. The lowest BCUT2D eigenvalue weighted by molar-refractivity contribution is -0.119. The van der Waals surface area contributed by atoms with Crippen molar-refractivity contribution in [2.24, 2.45) is 0 Å². The number of halogens is 1. The van der Waals surface area contributed by atoms with Crippen molar-refractivity contribution in [2.75, 3.05) is 34.9 Å². The van der Waals surface area contributed by atoms with Crippen LogP contribution >= 0.6 is 11.8 Å². The lowest BCUT2D eigenvalue weighted by Gasteiger charge is -2.37. The fraction of sp³-hybridized carbons (Fsp3) is 0.391. The third-order valence-electron chi connectivity index (χ3n) is 5.44. The lowest BCUT2D eigenvalue weighted by atomic mass is 10.1. The van der Waals surface area contributed by atoms with E-state index < -0.39 is 11.9 Å². The highest BCUT2D eigenvalue weighted by molar-refractivity contribution is 7.99. The molecule has 2 aliphatic rings. The molecule has 164 valence electrons. The van der Waals surface area contributed by atoms with Crippen LogP contribution in [-0.4, -0.2) is 59.7 Å². The Hall–Kier alpha value is -2.58. The molecular formula is C23H26FN3O3S. The highest BCUT2D eigenvalue weighted by Gasteiger charge is 2.35. The van der Waals surface area contributed by atoms with Crippen molar-refractivity contribution in [3.8, 4) is 0 Å². The van der Waals surface area contributed by atoms with Crippen LogP contribution in [0.1, 0.15) is 24.2 Å². The van der Waals surface area contributed by atoms with Gasteiger partial charge in [-0.15, -0.1) is 11.8 Å². The Morgan fingerprint density at radius 3 is 2.48 bits per heavy atom. The fourth-order valence-corrected chi connectivity index (χ4v) is 5.20. The zero-order valence-electron chi connectivity index (χ0n) is 17.6. The molecule has 0 bridgehead atoms. The summed E-state index contributed by atoms with van der Waals surface area (Å²) in [6.45, 7) is 5.17. The highest BCUT2D eigenvalue weighted by atomic mass is 32.2. The van der Waals surface area contributed by atoms with Crippen LogP contribution in [0.2, 0.25) is 0 Å². The average Bonchev–Trinajstić information content (AvgIpc) is 3.23. The standard InChI is InChI=1S/C23H26FN3O3S/c1-15-11-26(12-16(2)30-15)20-9-8-18(10-19(20)24)25-22(28)21-13-31-14-27(21)23(29)17-6-4-3-5-7-17/h3-10,15-16,21H,11-14H2,1-2H3,(H,25,28). The number of rotatable bonds is 4. The van der Waals surface area contributed by atoms with Gasteiger partial charge in [0.2, 0.25) is 5.91 Å². The smallest absolute Gasteiger partial charge is 0.255 e. The summed E-state index contributed by atoms with van der Waals surface area (Å²) in [5, 5.41) is 2.78. The second kappa shape index (κ2) is 9.28. The van der Waals surface area contributed by atoms with E-state index in [9.17, 15) is 14.0 Å². The topological polar surface area (TPSA) is 61.9 Å². The highest BCUT2D eigenvalue weighted by Crippen LogP contribution is 2.28. The number of hydrogen-bond donors (Lipinski definition) is 1. The van der Waals surface area contributed by atoms with Gasteiger partial charge in [0.25, 0.3) is 5.91 Å². The molecule has 2 amide bonds. The Morgan fingerprint density at radius 1 is 1.10 bits per heavy atom. The van der Waals surface area contributed by atoms with E-state index in [2.05, 4.69) is 5.32 Å². The summed E-state index contributed by atoms with van der Waals surface area (Å²) in [5.74, 6) is 0.0797. The monoisotopic (exact) mass is 443 g/mol. The lowest BCUT2D eigenvalue weighted by Crippen LogP contribution is -2.46. The van der Waals surface area contributed by atoms with Crippen LogP contribution < -0.4 is 10.2 Å². The van der Waals surface area contributed by atoms with E-state index in [1.165, 1.54) is 17.8 Å². The molecule has 1 N–H and O–H groups in total. The maximum absolute atomic E-state index is 14.8. The summed E-state index contributed by atoms with van der Waals surface area (Å²) in [5.41, 5.74) is 1.43. The SMILES string of the molecule is CC1CN(c2ccc(NC(=O)C3CSCN3C(=O)c3ccccc3)cc2F)CC(C)O1. The van der Waals surface area contributed by atoms with Gasteiger partial charge in [0.15, 0.2) is 0 Å². The number of nitrogens with one attached hydrogen (secondary N) is 1. The summed E-state index contributed by atoms with van der Waals surface area (Å²) in [4.78, 5) is 29.2. The van der Waals surface area contributed by atoms with Gasteiger partial charge in [-0.2, -0.15) is 0 Å². The maximum atomic E-state index is 14.8. The minimum absolute atomic E-state index is 0.0236. The van der Waals surface area contributed by atoms with Gasteiger partial charge < -0.3 is 19.9 Å². The second-order valence-electron chi connectivity index (χ2n) is 7.97. The van der Waals surface area contributed by atoms with Gasteiger partial charge in [-0.05, 0) is 44.2 Å². The predicted molar refractivity (Wildman–Crippen MR) is 121 cm³/mol. The Morgan fingerprint density at radius 2 is 1.81 bits per heavy atom. The Balaban J connectivity index is 1.44. The number of ether oxygens (including phenoxy) is 1. The molecule has 2 heterocycles. The van der Waals surface area contributed by atoms with E-state index in [0.717, 1.165) is 0 Å². The molecule has 8 heteroatoms. The van der Waals surface area contributed by atoms with E-state index in [1.807, 2.05) is 24.8 Å². The third-order valence-corrected chi connectivity index (χ3v) is 6.45. The number of hydrogen-bond acceptors (Lipinski definition) is 5. The molecule has 2 aromatic carbocycles. The first-order valence-electron chi connectivity index (χ1n) is 10.4. The zero-order chi connectivity index (χ0) is 22.0. The quantitative estimate of drug-likeness (QED) is 0.783. The number of nitrogens with zero attached hydrogens (tertiary/aromatic N) is 2. The maximum Gasteiger partial charge on any atom is 0.255 e. The van der Waals surface area contributed by atoms with E-state index in [4.69, 9.17) is 4.74 Å². The van der Waals surface area contributed by atoms with Crippen molar-refractivity contribution in [1.29, 1.82) is 0 Å². The summed E-state index contributed by atoms with van der Waals surface area (Å²) in [6.07, 6.45) is 0.0473. The van der Waals surface area contributed by atoms with Gasteiger partial charge in [-0.3, -0.25) is 9.59 Å². The van der Waals surface area contributed by atoms with Crippen LogP contribution in [0.3, 0.4) is 0 Å². The minimum atomic E-state index is -0.596. The molecule has 2 fully saturated rings. The number of morpholine rings is 1. The van der Waals surface area contributed by atoms with Crippen molar-refractivity contribution < 1.29 is 18.7 Å². The van der Waals surface area contributed by atoms with Crippen molar-refractivity contribution >= 4 is 35.0 Å². The molecule has 2 aromatic rings. The van der Waals surface area contributed by atoms with Crippen LogP contribution in [0.15, 0.2) is 48.5 Å². The van der Waals surface area contributed by atoms with E-state index in [0.29, 0.717) is 41.7 Å². The van der Waals surface area contributed by atoms with Crippen molar-refractivity contribution in [3.05, 3.63) is 59.9 Å². The van der Waals surface area contributed by atoms with Crippen LogP contribution in [-0.2, 0) is 9.53 Å². The number of carbonyl (C=O) groups is 2. The Bertz CT molecular complexity index is 948. The number of anilines is 2. The second-order valence-corrected chi connectivity index (χ2v) is 8.97. The van der Waals surface area contributed by atoms with E-state index in [-0.39, 0.29) is 24.0 Å². The van der Waals surface area contributed by atoms with Gasteiger partial charge in [-0.25, -0.2) is 4.39 Å². The molecule has 0 spiro atoms. The number of thioether (sulfide) groups is 1. The summed E-state index contributed by atoms with van der Waals surface area (Å²) in [7, 11) is 0. The van der Waals surface area contributed by atoms with E-state index >= 15 is 0 Å². The van der Waals surface area contributed by atoms with Crippen LogP contribution in [0.4, 0.5) is 15.8 Å². The van der Waals surface area contributed by atoms with Gasteiger partial charge in [0, 0.05) is 30.1 Å². The molecule has 0 aliphatic carbocycles. The number of benzene rings is 2. The van der Waals surface area contributed by atoms with Crippen molar-refractivity contribution in [2.45, 2.75) is 32.1 Å². The molecule has 0 saturated carbocycles. The van der Waals surface area contributed by atoms with Crippen LogP contribution in [0.25, 0.3) is 0 Å². The predicted octanol–water partition coefficient (Wildman–Crippen LogP) is 3.59. The Kier molecular flexibility index (Phi) is 6.48. The van der Waals surface area contributed by atoms with Gasteiger partial charge in [-0.1, -0.05) is 18.2 Å². The zero-order valence-corrected chi connectivity index (χ0v) is 18.4. The Labute approximate surface area is 185 Å². The van der Waals surface area contributed by atoms with E-state index in [1.54, 1.807) is 41.3 Å². The molecule has 3 atom stereocenters.